The Labute approximate surface area is 149 Å². The van der Waals surface area contributed by atoms with Gasteiger partial charge >= 0.3 is 5.97 Å². The van der Waals surface area contributed by atoms with Crippen LogP contribution in [-0.2, 0) is 27.3 Å². The number of hydrogen-bond donors (Lipinski definition) is 2. The van der Waals surface area contributed by atoms with E-state index in [2.05, 4.69) is 5.32 Å². The van der Waals surface area contributed by atoms with Crippen molar-refractivity contribution in [2.75, 3.05) is 19.0 Å². The summed E-state index contributed by atoms with van der Waals surface area (Å²) in [4.78, 5) is 25.1. The summed E-state index contributed by atoms with van der Waals surface area (Å²) in [6.07, 6.45) is 0.444. The lowest BCUT2D eigenvalue weighted by molar-refractivity contribution is -0.924. The van der Waals surface area contributed by atoms with Crippen molar-refractivity contribution >= 4 is 17.6 Å². The largest absolute Gasteiger partial charge is 0.465 e. The Morgan fingerprint density at radius 3 is 2.42 bits per heavy atom. The third kappa shape index (κ3) is 3.72. The second-order valence-electron chi connectivity index (χ2n) is 6.21. The van der Waals surface area contributed by atoms with Gasteiger partial charge in [0.15, 0.2) is 12.6 Å². The zero-order valence-electron chi connectivity index (χ0n) is 14.2. The van der Waals surface area contributed by atoms with E-state index in [1.54, 1.807) is 0 Å². The van der Waals surface area contributed by atoms with Crippen LogP contribution in [0.15, 0.2) is 42.5 Å². The minimum Gasteiger partial charge on any atom is -0.465 e. The van der Waals surface area contributed by atoms with Crippen LogP contribution in [0.4, 0.5) is 14.5 Å². The maximum absolute atomic E-state index is 13.7. The number of para-hydroxylation sites is 1. The molecule has 3 rings (SSSR count). The fourth-order valence-corrected chi connectivity index (χ4v) is 3.25. The molecule has 2 N–H and O–H groups in total. The number of fused-ring (bicyclic) bond motifs is 1. The number of rotatable bonds is 4. The zero-order chi connectivity index (χ0) is 18.7. The van der Waals surface area contributed by atoms with Crippen molar-refractivity contribution in [3.8, 4) is 0 Å². The van der Waals surface area contributed by atoms with Crippen molar-refractivity contribution in [2.45, 2.75) is 19.0 Å². The maximum atomic E-state index is 13.7. The van der Waals surface area contributed by atoms with Crippen LogP contribution in [0, 0.1) is 11.6 Å². The van der Waals surface area contributed by atoms with Crippen LogP contribution in [0.3, 0.4) is 0 Å². The van der Waals surface area contributed by atoms with Crippen molar-refractivity contribution in [1.82, 2.24) is 0 Å². The van der Waals surface area contributed by atoms with Gasteiger partial charge in [-0.15, -0.1) is 0 Å². The van der Waals surface area contributed by atoms with Crippen LogP contribution in [0.2, 0.25) is 0 Å². The Bertz CT molecular complexity index is 821. The monoisotopic (exact) mass is 361 g/mol. The molecule has 1 amide bonds. The lowest BCUT2D eigenvalue weighted by Gasteiger charge is -2.31. The van der Waals surface area contributed by atoms with Crippen LogP contribution in [0.25, 0.3) is 0 Å². The summed E-state index contributed by atoms with van der Waals surface area (Å²) < 4.78 is 32.3. The molecular weight excluding hydrogens is 342 g/mol. The van der Waals surface area contributed by atoms with Gasteiger partial charge in [-0.05, 0) is 17.7 Å². The van der Waals surface area contributed by atoms with Gasteiger partial charge in [0, 0.05) is 12.0 Å². The molecule has 0 saturated carbocycles. The molecule has 2 aromatic rings. The average Bonchev–Trinajstić information content (AvgIpc) is 2.63. The molecule has 0 saturated heterocycles. The van der Waals surface area contributed by atoms with E-state index in [1.807, 2.05) is 24.3 Å². The Hall–Kier alpha value is -2.80. The summed E-state index contributed by atoms with van der Waals surface area (Å²) in [6, 6.07) is 10.5. The van der Waals surface area contributed by atoms with E-state index in [-0.39, 0.29) is 6.54 Å². The number of carbonyl (C=O) groups is 2. The Kier molecular flexibility index (Phi) is 5.27. The highest BCUT2D eigenvalue weighted by molar-refractivity contribution is 5.91. The third-order valence-electron chi connectivity index (χ3n) is 4.55. The molecular formula is C19H19F2N2O3+. The number of esters is 1. The highest BCUT2D eigenvalue weighted by Crippen LogP contribution is 2.18. The minimum absolute atomic E-state index is 0.109. The number of hydrogen-bond acceptors (Lipinski definition) is 3. The molecule has 0 spiro atoms. The van der Waals surface area contributed by atoms with Crippen LogP contribution in [0.1, 0.15) is 11.1 Å². The van der Waals surface area contributed by atoms with Crippen LogP contribution in [-0.4, -0.2) is 31.6 Å². The van der Waals surface area contributed by atoms with Gasteiger partial charge in [-0.3, -0.25) is 4.79 Å². The van der Waals surface area contributed by atoms with Crippen molar-refractivity contribution in [3.05, 3.63) is 65.2 Å². The summed E-state index contributed by atoms with van der Waals surface area (Å²) in [6.45, 7) is 0.338. The van der Waals surface area contributed by atoms with E-state index < -0.39 is 35.2 Å². The molecule has 1 heterocycles. The van der Waals surface area contributed by atoms with E-state index in [9.17, 15) is 18.4 Å². The molecule has 1 aliphatic heterocycles. The van der Waals surface area contributed by atoms with Gasteiger partial charge in [0.2, 0.25) is 0 Å². The maximum Gasteiger partial charge on any atom is 0.365 e. The first-order valence-electron chi connectivity index (χ1n) is 8.22. The van der Waals surface area contributed by atoms with Gasteiger partial charge in [0.25, 0.3) is 5.91 Å². The van der Waals surface area contributed by atoms with E-state index in [1.165, 1.54) is 13.2 Å². The highest BCUT2D eigenvalue weighted by atomic mass is 19.1. The molecule has 5 nitrogen and oxygen atoms in total. The quantitative estimate of drug-likeness (QED) is 0.802. The molecule has 26 heavy (non-hydrogen) atoms. The van der Waals surface area contributed by atoms with Crippen molar-refractivity contribution in [3.63, 3.8) is 0 Å². The van der Waals surface area contributed by atoms with E-state index in [0.29, 0.717) is 17.9 Å². The normalized spacial score (nSPS) is 18.7. The van der Waals surface area contributed by atoms with Gasteiger partial charge in [-0.2, -0.15) is 0 Å². The molecule has 0 aliphatic carbocycles. The first kappa shape index (κ1) is 18.0. The number of carbonyl (C=O) groups excluding carboxylic acids is 2. The second kappa shape index (κ2) is 7.61. The first-order valence-corrected chi connectivity index (χ1v) is 8.22. The molecule has 1 aliphatic rings. The van der Waals surface area contributed by atoms with Gasteiger partial charge in [0.1, 0.15) is 23.9 Å². The number of quaternary nitrogens is 1. The van der Waals surface area contributed by atoms with Crippen LogP contribution < -0.4 is 10.2 Å². The standard InChI is InChI=1S/C19H18F2N2O3/c1-26-19(25)16-9-12-5-2-3-6-13(12)10-23(16)11-17(24)22-18-14(20)7-4-8-15(18)21/h2-8,16H,9-11H2,1H3,(H,22,24)/p+1/t16-/m0/s1. The number of ether oxygens (including phenoxy) is 1. The van der Waals surface area contributed by atoms with Gasteiger partial charge in [0.05, 0.1) is 7.11 Å². The Morgan fingerprint density at radius 1 is 1.12 bits per heavy atom. The topological polar surface area (TPSA) is 59.8 Å². The van der Waals surface area contributed by atoms with E-state index >= 15 is 0 Å². The van der Waals surface area contributed by atoms with Gasteiger partial charge in [-0.25, -0.2) is 13.6 Å². The second-order valence-corrected chi connectivity index (χ2v) is 6.21. The number of methoxy groups -OCH3 is 1. The number of anilines is 1. The summed E-state index contributed by atoms with van der Waals surface area (Å²) in [5.74, 6) is -2.68. The van der Waals surface area contributed by atoms with E-state index in [0.717, 1.165) is 23.3 Å². The molecule has 0 fully saturated rings. The van der Waals surface area contributed by atoms with Crippen molar-refractivity contribution < 1.29 is 28.0 Å². The first-order chi connectivity index (χ1) is 12.5. The van der Waals surface area contributed by atoms with Crippen LogP contribution >= 0.6 is 0 Å². The molecule has 2 atom stereocenters. The summed E-state index contributed by atoms with van der Waals surface area (Å²) in [5.41, 5.74) is 1.59. The lowest BCUT2D eigenvalue weighted by Crippen LogP contribution is -3.17. The lowest BCUT2D eigenvalue weighted by atomic mass is 9.94. The smallest absolute Gasteiger partial charge is 0.365 e. The average molecular weight is 361 g/mol. The zero-order valence-corrected chi connectivity index (χ0v) is 14.2. The number of nitrogens with one attached hydrogen (secondary N) is 2. The molecule has 0 radical (unpaired) electrons. The minimum atomic E-state index is -0.846. The summed E-state index contributed by atoms with van der Waals surface area (Å²) in [7, 11) is 1.30. The third-order valence-corrected chi connectivity index (χ3v) is 4.55. The summed E-state index contributed by atoms with van der Waals surface area (Å²) in [5, 5.41) is 2.27. The molecule has 7 heteroatoms. The highest BCUT2D eigenvalue weighted by Gasteiger charge is 2.37. The number of benzene rings is 2. The molecule has 0 aromatic heterocycles. The summed E-state index contributed by atoms with van der Waals surface area (Å²) >= 11 is 0. The van der Waals surface area contributed by atoms with Crippen LogP contribution in [0.5, 0.6) is 0 Å². The van der Waals surface area contributed by atoms with Gasteiger partial charge in [-0.1, -0.05) is 30.3 Å². The van der Waals surface area contributed by atoms with Gasteiger partial charge < -0.3 is 15.0 Å². The predicted molar refractivity (Wildman–Crippen MR) is 90.5 cm³/mol. The van der Waals surface area contributed by atoms with E-state index in [4.69, 9.17) is 4.74 Å². The number of halogens is 2. The SMILES string of the molecule is COC(=O)[C@@H]1Cc2ccccc2C[NH+]1CC(=O)Nc1c(F)cccc1F. The molecule has 136 valence electrons. The Morgan fingerprint density at radius 2 is 1.77 bits per heavy atom. The Balaban J connectivity index is 1.78. The molecule has 1 unspecified atom stereocenters. The fourth-order valence-electron chi connectivity index (χ4n) is 3.25. The molecule has 2 aromatic carbocycles. The number of amides is 1. The molecule has 0 bridgehead atoms. The predicted octanol–water partition coefficient (Wildman–Crippen LogP) is 1.09. The fraction of sp³-hybridized carbons (Fsp3) is 0.263. The van der Waals surface area contributed by atoms with Crippen molar-refractivity contribution in [1.29, 1.82) is 0 Å². The van der Waals surface area contributed by atoms with Crippen molar-refractivity contribution in [2.24, 2.45) is 0 Å².